The van der Waals surface area contributed by atoms with Crippen molar-refractivity contribution in [1.82, 2.24) is 10.1 Å². The van der Waals surface area contributed by atoms with Gasteiger partial charge >= 0.3 is 0 Å². The molecule has 1 heterocycles. The summed E-state index contributed by atoms with van der Waals surface area (Å²) in [6.45, 7) is 0.268. The lowest BCUT2D eigenvalue weighted by Crippen LogP contribution is -2.36. The molecule has 0 aromatic heterocycles. The van der Waals surface area contributed by atoms with E-state index in [1.54, 1.807) is 12.1 Å². The van der Waals surface area contributed by atoms with Gasteiger partial charge in [-0.15, -0.1) is 4.40 Å². The number of guanidine groups is 2. The standard InChI is InChI=1S/C25H24Cl2N6O3S/c1-32(36-2)24(28)29-25(31-37(34,35)21-14-12-20(27)13-15-21)33-16-22(17-6-4-3-5-7-17)23(30-33)18-8-10-19(26)11-9-18/h3-15,22H,16H2,1-2H3,(H2,28,29,31). The molecule has 1 unspecified atom stereocenters. The predicted molar refractivity (Wildman–Crippen MR) is 146 cm³/mol. The molecule has 37 heavy (non-hydrogen) atoms. The van der Waals surface area contributed by atoms with Crippen molar-refractivity contribution < 1.29 is 13.3 Å². The summed E-state index contributed by atoms with van der Waals surface area (Å²) in [4.78, 5) is 9.30. The number of benzene rings is 3. The smallest absolute Gasteiger partial charge is 0.285 e. The molecule has 3 aromatic carbocycles. The minimum Gasteiger partial charge on any atom is -0.368 e. The van der Waals surface area contributed by atoms with Crippen LogP contribution >= 0.6 is 23.2 Å². The van der Waals surface area contributed by atoms with Crippen LogP contribution in [0.4, 0.5) is 0 Å². The van der Waals surface area contributed by atoms with Crippen LogP contribution in [0.5, 0.6) is 0 Å². The molecule has 0 fully saturated rings. The van der Waals surface area contributed by atoms with E-state index < -0.39 is 10.0 Å². The molecule has 0 saturated heterocycles. The quantitative estimate of drug-likeness (QED) is 0.283. The van der Waals surface area contributed by atoms with E-state index in [0.717, 1.165) is 11.1 Å². The topological polar surface area (TPSA) is 113 Å². The van der Waals surface area contributed by atoms with Crippen molar-refractivity contribution in [1.29, 1.82) is 0 Å². The second-order valence-electron chi connectivity index (χ2n) is 8.01. The molecule has 1 aliphatic rings. The molecule has 1 atom stereocenters. The molecule has 0 spiro atoms. The molecule has 0 aliphatic carbocycles. The van der Waals surface area contributed by atoms with Gasteiger partial charge in [0.1, 0.15) is 0 Å². The zero-order chi connectivity index (χ0) is 26.6. The minimum absolute atomic E-state index is 0.0519. The molecule has 12 heteroatoms. The van der Waals surface area contributed by atoms with Crippen LogP contribution in [0.15, 0.2) is 98.2 Å². The van der Waals surface area contributed by atoms with Gasteiger partial charge in [-0.25, -0.2) is 10.1 Å². The van der Waals surface area contributed by atoms with Crippen LogP contribution in [0.3, 0.4) is 0 Å². The summed E-state index contributed by atoms with van der Waals surface area (Å²) in [5, 5.41) is 8.33. The van der Waals surface area contributed by atoms with Gasteiger partial charge in [0.25, 0.3) is 16.0 Å². The van der Waals surface area contributed by atoms with Gasteiger partial charge in [0, 0.05) is 23.0 Å². The summed E-state index contributed by atoms with van der Waals surface area (Å²) < 4.78 is 30.4. The van der Waals surface area contributed by atoms with Crippen molar-refractivity contribution in [3.8, 4) is 0 Å². The molecule has 4 rings (SSSR count). The summed E-state index contributed by atoms with van der Waals surface area (Å²) in [6.07, 6.45) is 0. The number of rotatable bonds is 5. The van der Waals surface area contributed by atoms with Crippen LogP contribution in [-0.4, -0.2) is 56.8 Å². The second kappa shape index (κ2) is 11.3. The highest BCUT2D eigenvalue weighted by atomic mass is 35.5. The average Bonchev–Trinajstić information content (AvgIpc) is 3.34. The minimum atomic E-state index is -4.18. The zero-order valence-electron chi connectivity index (χ0n) is 20.0. The van der Waals surface area contributed by atoms with Gasteiger partial charge in [0.05, 0.1) is 24.3 Å². The first-order chi connectivity index (χ1) is 17.7. The summed E-state index contributed by atoms with van der Waals surface area (Å²) in [6, 6.07) is 22.7. The fraction of sp³-hybridized carbons (Fsp3) is 0.160. The number of sulfonamides is 1. The number of hydroxylamine groups is 2. The Hall–Kier alpha value is -3.44. The van der Waals surface area contributed by atoms with Gasteiger partial charge in [-0.05, 0) is 47.5 Å². The Labute approximate surface area is 225 Å². The van der Waals surface area contributed by atoms with E-state index in [-0.39, 0.29) is 29.3 Å². The van der Waals surface area contributed by atoms with Gasteiger partial charge in [0.15, 0.2) is 0 Å². The van der Waals surface area contributed by atoms with E-state index in [0.29, 0.717) is 15.8 Å². The Kier molecular flexibility index (Phi) is 8.13. The summed E-state index contributed by atoms with van der Waals surface area (Å²) in [5.74, 6) is -0.539. The third-order valence-electron chi connectivity index (χ3n) is 5.61. The SMILES string of the molecule is CON(C)/C(N)=N/C(=N/S(=O)(=O)c1ccc(Cl)cc1)N1CC(c2ccccc2)C(c2ccc(Cl)cc2)=N1. The first kappa shape index (κ1) is 26.6. The normalized spacial score (nSPS) is 16.6. The number of nitrogens with zero attached hydrogens (tertiary/aromatic N) is 5. The molecule has 0 saturated carbocycles. The van der Waals surface area contributed by atoms with Crippen LogP contribution in [0.2, 0.25) is 10.0 Å². The lowest BCUT2D eigenvalue weighted by Gasteiger charge is -2.18. The van der Waals surface area contributed by atoms with Crippen molar-refractivity contribution in [2.75, 3.05) is 20.7 Å². The van der Waals surface area contributed by atoms with Crippen LogP contribution in [0, 0.1) is 0 Å². The Bertz CT molecular complexity index is 1440. The molecule has 1 aliphatic heterocycles. The highest BCUT2D eigenvalue weighted by Gasteiger charge is 2.33. The van der Waals surface area contributed by atoms with Crippen molar-refractivity contribution in [3.05, 3.63) is 100 Å². The molecular formula is C25H24Cl2N6O3S. The molecule has 2 N–H and O–H groups in total. The average molecular weight is 559 g/mol. The zero-order valence-corrected chi connectivity index (χ0v) is 22.3. The fourth-order valence-corrected chi connectivity index (χ4v) is 4.80. The van der Waals surface area contributed by atoms with Crippen molar-refractivity contribution in [3.63, 3.8) is 0 Å². The maximum absolute atomic E-state index is 13.2. The summed E-state index contributed by atoms with van der Waals surface area (Å²) in [7, 11) is -1.25. The van der Waals surface area contributed by atoms with E-state index >= 15 is 0 Å². The number of nitrogens with two attached hydrogens (primary N) is 1. The molecule has 0 bridgehead atoms. The molecule has 0 radical (unpaired) electrons. The second-order valence-corrected chi connectivity index (χ2v) is 10.5. The Morgan fingerprint density at radius 1 is 1.03 bits per heavy atom. The Balaban J connectivity index is 1.83. The summed E-state index contributed by atoms with van der Waals surface area (Å²) >= 11 is 12.0. The van der Waals surface area contributed by atoms with Crippen molar-refractivity contribution in [2.24, 2.45) is 20.2 Å². The number of aliphatic imine (C=N–C) groups is 1. The van der Waals surface area contributed by atoms with Crippen LogP contribution in [-0.2, 0) is 14.9 Å². The van der Waals surface area contributed by atoms with Gasteiger partial charge in [0.2, 0.25) is 5.96 Å². The first-order valence-electron chi connectivity index (χ1n) is 11.1. The largest absolute Gasteiger partial charge is 0.368 e. The molecule has 9 nitrogen and oxygen atoms in total. The highest BCUT2D eigenvalue weighted by molar-refractivity contribution is 7.90. The predicted octanol–water partition coefficient (Wildman–Crippen LogP) is 4.35. The van der Waals surface area contributed by atoms with E-state index in [2.05, 4.69) is 9.39 Å². The van der Waals surface area contributed by atoms with Crippen LogP contribution in [0.25, 0.3) is 0 Å². The summed E-state index contributed by atoms with van der Waals surface area (Å²) in [5.41, 5.74) is 8.57. The van der Waals surface area contributed by atoms with E-state index in [4.69, 9.17) is 38.9 Å². The first-order valence-corrected chi connectivity index (χ1v) is 13.3. The van der Waals surface area contributed by atoms with Crippen LogP contribution in [0.1, 0.15) is 17.0 Å². The molecule has 0 amide bonds. The maximum Gasteiger partial charge on any atom is 0.285 e. The van der Waals surface area contributed by atoms with E-state index in [9.17, 15) is 8.42 Å². The molecule has 192 valence electrons. The van der Waals surface area contributed by atoms with Gasteiger partial charge in [-0.3, -0.25) is 4.84 Å². The lowest BCUT2D eigenvalue weighted by molar-refractivity contribution is -0.0428. The molecular weight excluding hydrogens is 535 g/mol. The lowest BCUT2D eigenvalue weighted by atomic mass is 9.91. The molecule has 3 aromatic rings. The fourth-order valence-electron chi connectivity index (χ4n) is 3.61. The maximum atomic E-state index is 13.2. The van der Waals surface area contributed by atoms with Gasteiger partial charge in [-0.1, -0.05) is 65.7 Å². The van der Waals surface area contributed by atoms with E-state index in [1.807, 2.05) is 42.5 Å². The third kappa shape index (κ3) is 6.28. The van der Waals surface area contributed by atoms with Gasteiger partial charge < -0.3 is 5.73 Å². The number of hydrogen-bond donors (Lipinski definition) is 1. The number of hydrazone groups is 1. The Morgan fingerprint density at radius 3 is 2.22 bits per heavy atom. The van der Waals surface area contributed by atoms with Crippen molar-refractivity contribution >= 4 is 50.9 Å². The third-order valence-corrected chi connectivity index (χ3v) is 7.39. The number of hydrogen-bond acceptors (Lipinski definition) is 4. The Morgan fingerprint density at radius 2 is 1.62 bits per heavy atom. The monoisotopic (exact) mass is 558 g/mol. The van der Waals surface area contributed by atoms with Gasteiger partial charge in [-0.2, -0.15) is 18.5 Å². The number of halogens is 2. The van der Waals surface area contributed by atoms with E-state index in [1.165, 1.54) is 48.5 Å². The van der Waals surface area contributed by atoms with Crippen LogP contribution < -0.4 is 5.73 Å². The van der Waals surface area contributed by atoms with Crippen molar-refractivity contribution in [2.45, 2.75) is 10.8 Å². The highest BCUT2D eigenvalue weighted by Crippen LogP contribution is 2.30.